The average Bonchev–Trinajstić information content (AvgIpc) is 2.27. The van der Waals surface area contributed by atoms with Crippen LogP contribution in [0.1, 0.15) is 13.8 Å². The number of hydrogen-bond donors (Lipinski definition) is 3. The van der Waals surface area contributed by atoms with Gasteiger partial charge in [-0.2, -0.15) is 0 Å². The molecule has 0 saturated heterocycles. The van der Waals surface area contributed by atoms with Crippen molar-refractivity contribution in [2.75, 3.05) is 17.7 Å². The Morgan fingerprint density at radius 1 is 1.50 bits per heavy atom. The van der Waals surface area contributed by atoms with Crippen LogP contribution in [0.2, 0.25) is 0 Å². The molecule has 1 amide bonds. The molecule has 0 atom stereocenters. The summed E-state index contributed by atoms with van der Waals surface area (Å²) < 4.78 is 0. The number of amides is 1. The molecule has 0 fully saturated rings. The number of hydrogen-bond acceptors (Lipinski definition) is 6. The number of carbonyl (C=O) groups excluding carboxylic acids is 1. The van der Waals surface area contributed by atoms with Crippen molar-refractivity contribution in [2.24, 2.45) is 5.73 Å². The predicted molar refractivity (Wildman–Crippen MR) is 67.3 cm³/mol. The Morgan fingerprint density at radius 3 is 2.56 bits per heavy atom. The van der Waals surface area contributed by atoms with E-state index in [9.17, 15) is 14.9 Å². The lowest BCUT2D eigenvalue weighted by Gasteiger charge is -2.22. The number of anilines is 2. The molecule has 0 saturated carbocycles. The number of pyridine rings is 1. The van der Waals surface area contributed by atoms with E-state index in [1.807, 2.05) is 0 Å². The fraction of sp³-hybridized carbons (Fsp3) is 0.400. The Balaban J connectivity index is 3.20. The fourth-order valence-corrected chi connectivity index (χ4v) is 1.19. The number of nitrogens with two attached hydrogens (primary N) is 1. The molecule has 0 spiro atoms. The van der Waals surface area contributed by atoms with Gasteiger partial charge in [0.25, 0.3) is 0 Å². The maximum absolute atomic E-state index is 11.2. The van der Waals surface area contributed by atoms with Gasteiger partial charge >= 0.3 is 5.69 Å². The minimum Gasteiger partial charge on any atom is -0.373 e. The van der Waals surface area contributed by atoms with Gasteiger partial charge in [0, 0.05) is 13.1 Å². The van der Waals surface area contributed by atoms with Crippen LogP contribution in [0.4, 0.5) is 17.3 Å². The minimum absolute atomic E-state index is 0.00403. The highest BCUT2D eigenvalue weighted by molar-refractivity contribution is 5.87. The van der Waals surface area contributed by atoms with E-state index in [1.165, 1.54) is 26.0 Å². The molecule has 18 heavy (non-hydrogen) atoms. The summed E-state index contributed by atoms with van der Waals surface area (Å²) in [5.41, 5.74) is 3.85. The van der Waals surface area contributed by atoms with E-state index in [4.69, 9.17) is 5.73 Å². The lowest BCUT2D eigenvalue weighted by molar-refractivity contribution is -0.384. The Hall–Kier alpha value is -2.38. The molecule has 8 nitrogen and oxygen atoms in total. The Morgan fingerprint density at radius 2 is 2.11 bits per heavy atom. The average molecular weight is 253 g/mol. The normalized spacial score (nSPS) is 10.8. The van der Waals surface area contributed by atoms with Gasteiger partial charge in [-0.15, -0.1) is 0 Å². The molecule has 4 N–H and O–H groups in total. The topological polar surface area (TPSA) is 123 Å². The Bertz CT molecular complexity index is 486. The lowest BCUT2D eigenvalue weighted by Crippen LogP contribution is -2.45. The van der Waals surface area contributed by atoms with E-state index in [-0.39, 0.29) is 11.5 Å². The van der Waals surface area contributed by atoms with E-state index >= 15 is 0 Å². The summed E-state index contributed by atoms with van der Waals surface area (Å²) in [6.07, 6.45) is 0. The van der Waals surface area contributed by atoms with Gasteiger partial charge in [-0.25, -0.2) is 4.98 Å². The van der Waals surface area contributed by atoms with E-state index in [0.717, 1.165) is 0 Å². The number of nitrogens with one attached hydrogen (secondary N) is 2. The van der Waals surface area contributed by atoms with Gasteiger partial charge in [-0.3, -0.25) is 14.9 Å². The molecule has 0 aliphatic heterocycles. The molecule has 0 radical (unpaired) electrons. The van der Waals surface area contributed by atoms with Gasteiger partial charge in [0.15, 0.2) is 0 Å². The van der Waals surface area contributed by atoms with Crippen molar-refractivity contribution < 1.29 is 9.72 Å². The van der Waals surface area contributed by atoms with Gasteiger partial charge in [0.05, 0.1) is 4.92 Å². The number of rotatable bonds is 5. The zero-order chi connectivity index (χ0) is 13.9. The third kappa shape index (κ3) is 2.84. The van der Waals surface area contributed by atoms with Crippen LogP contribution in [-0.2, 0) is 4.79 Å². The number of nitro groups is 1. The molecule has 1 aromatic heterocycles. The monoisotopic (exact) mass is 253 g/mol. The van der Waals surface area contributed by atoms with Crippen LogP contribution in [0, 0.1) is 10.1 Å². The summed E-state index contributed by atoms with van der Waals surface area (Å²) in [4.78, 5) is 25.5. The first kappa shape index (κ1) is 13.7. The van der Waals surface area contributed by atoms with Crippen LogP contribution in [0.15, 0.2) is 12.1 Å². The molecule has 0 aromatic carbocycles. The second-order valence-corrected chi connectivity index (χ2v) is 4.19. The van der Waals surface area contributed by atoms with E-state index in [2.05, 4.69) is 15.6 Å². The molecular weight excluding hydrogens is 238 g/mol. The van der Waals surface area contributed by atoms with Crippen molar-refractivity contribution in [1.82, 2.24) is 4.98 Å². The van der Waals surface area contributed by atoms with Crippen LogP contribution in [0.5, 0.6) is 0 Å². The molecule has 98 valence electrons. The van der Waals surface area contributed by atoms with Crippen molar-refractivity contribution in [3.05, 3.63) is 22.2 Å². The molecule has 0 bridgehead atoms. The predicted octanol–water partition coefficient (Wildman–Crippen LogP) is 0.707. The van der Waals surface area contributed by atoms with E-state index in [1.54, 1.807) is 7.05 Å². The zero-order valence-electron chi connectivity index (χ0n) is 10.4. The summed E-state index contributed by atoms with van der Waals surface area (Å²) in [7, 11) is 1.64. The van der Waals surface area contributed by atoms with Crippen molar-refractivity contribution in [3.8, 4) is 0 Å². The van der Waals surface area contributed by atoms with E-state index in [0.29, 0.717) is 5.82 Å². The SMILES string of the molecule is CNc1ccc([N+](=O)[O-])c(NC(C)(C)C(N)=O)n1. The minimum atomic E-state index is -1.13. The Labute approximate surface area is 104 Å². The first-order chi connectivity index (χ1) is 8.27. The highest BCUT2D eigenvalue weighted by Gasteiger charge is 2.28. The standard InChI is InChI=1S/C10H15N5O3/c1-10(2,9(11)16)14-8-6(15(17)18)4-5-7(12-3)13-8/h4-5H,1-3H3,(H2,11,16)(H2,12,13,14). The third-order valence-corrected chi connectivity index (χ3v) is 2.37. The lowest BCUT2D eigenvalue weighted by atomic mass is 10.1. The van der Waals surface area contributed by atoms with Crippen molar-refractivity contribution >= 4 is 23.2 Å². The van der Waals surface area contributed by atoms with Crippen molar-refractivity contribution in [3.63, 3.8) is 0 Å². The summed E-state index contributed by atoms with van der Waals surface area (Å²) in [5.74, 6) is -0.188. The number of nitrogens with zero attached hydrogens (tertiary/aromatic N) is 2. The number of primary amides is 1. The summed E-state index contributed by atoms with van der Waals surface area (Å²) in [6.45, 7) is 3.04. The summed E-state index contributed by atoms with van der Waals surface area (Å²) in [5, 5.41) is 16.3. The molecule has 1 rings (SSSR count). The summed E-state index contributed by atoms with van der Waals surface area (Å²) >= 11 is 0. The number of aromatic nitrogens is 1. The van der Waals surface area contributed by atoms with Crippen LogP contribution in [0.25, 0.3) is 0 Å². The van der Waals surface area contributed by atoms with Gasteiger partial charge in [-0.1, -0.05) is 0 Å². The first-order valence-electron chi connectivity index (χ1n) is 5.19. The van der Waals surface area contributed by atoms with Crippen molar-refractivity contribution in [2.45, 2.75) is 19.4 Å². The number of carbonyl (C=O) groups is 1. The molecule has 8 heteroatoms. The van der Waals surface area contributed by atoms with Crippen LogP contribution < -0.4 is 16.4 Å². The molecule has 0 aliphatic rings. The second-order valence-electron chi connectivity index (χ2n) is 4.19. The smallest absolute Gasteiger partial charge is 0.311 e. The van der Waals surface area contributed by atoms with Gasteiger partial charge in [-0.05, 0) is 19.9 Å². The van der Waals surface area contributed by atoms with Crippen LogP contribution in [-0.4, -0.2) is 28.4 Å². The first-order valence-corrected chi connectivity index (χ1v) is 5.19. The summed E-state index contributed by atoms with van der Waals surface area (Å²) in [6, 6.07) is 2.78. The third-order valence-electron chi connectivity index (χ3n) is 2.37. The van der Waals surface area contributed by atoms with Gasteiger partial charge in [0.1, 0.15) is 11.4 Å². The molecular formula is C10H15N5O3. The van der Waals surface area contributed by atoms with Crippen LogP contribution in [0.3, 0.4) is 0 Å². The maximum Gasteiger partial charge on any atom is 0.311 e. The van der Waals surface area contributed by atoms with Crippen molar-refractivity contribution in [1.29, 1.82) is 0 Å². The maximum atomic E-state index is 11.2. The highest BCUT2D eigenvalue weighted by Crippen LogP contribution is 2.26. The highest BCUT2D eigenvalue weighted by atomic mass is 16.6. The molecule has 0 unspecified atom stereocenters. The second kappa shape index (κ2) is 4.86. The largest absolute Gasteiger partial charge is 0.373 e. The van der Waals surface area contributed by atoms with Crippen LogP contribution >= 0.6 is 0 Å². The molecule has 1 heterocycles. The quantitative estimate of drug-likeness (QED) is 0.524. The molecule has 1 aromatic rings. The van der Waals surface area contributed by atoms with Gasteiger partial charge < -0.3 is 16.4 Å². The van der Waals surface area contributed by atoms with Gasteiger partial charge in [0.2, 0.25) is 11.7 Å². The molecule has 0 aliphatic carbocycles. The fourth-order valence-electron chi connectivity index (χ4n) is 1.19. The Kier molecular flexibility index (Phi) is 3.70. The van der Waals surface area contributed by atoms with E-state index < -0.39 is 16.4 Å². The zero-order valence-corrected chi connectivity index (χ0v) is 10.4.